The minimum absolute atomic E-state index is 0.0211. The minimum atomic E-state index is -0.118. The van der Waals surface area contributed by atoms with Gasteiger partial charge >= 0.3 is 11.9 Å². The van der Waals surface area contributed by atoms with Crippen LogP contribution < -0.4 is 0 Å². The lowest BCUT2D eigenvalue weighted by Gasteiger charge is -2.25. The van der Waals surface area contributed by atoms with Crippen LogP contribution in [0.2, 0.25) is 0 Å². The van der Waals surface area contributed by atoms with Crippen LogP contribution in [0.25, 0.3) is 0 Å². The van der Waals surface area contributed by atoms with E-state index in [1.807, 2.05) is 13.8 Å². The molecule has 1 saturated carbocycles. The van der Waals surface area contributed by atoms with Gasteiger partial charge in [-0.1, -0.05) is 6.92 Å². The molecule has 0 spiro atoms. The molecule has 1 aliphatic carbocycles. The lowest BCUT2D eigenvalue weighted by Crippen LogP contribution is -2.28. The number of carbonyl (C=O) groups excluding carboxylic acids is 2. The van der Waals surface area contributed by atoms with E-state index < -0.39 is 0 Å². The van der Waals surface area contributed by atoms with Gasteiger partial charge in [-0.2, -0.15) is 0 Å². The average molecular weight is 242 g/mol. The van der Waals surface area contributed by atoms with E-state index in [1.54, 1.807) is 0 Å². The van der Waals surface area contributed by atoms with Crippen LogP contribution in [0.1, 0.15) is 46.0 Å². The molecule has 1 aliphatic rings. The summed E-state index contributed by atoms with van der Waals surface area (Å²) in [4.78, 5) is 23.1. The van der Waals surface area contributed by atoms with Gasteiger partial charge in [-0.3, -0.25) is 9.59 Å². The van der Waals surface area contributed by atoms with E-state index in [4.69, 9.17) is 9.47 Å². The van der Waals surface area contributed by atoms with E-state index in [0.717, 1.165) is 32.1 Å². The maximum Gasteiger partial charge on any atom is 0.308 e. The third-order valence-electron chi connectivity index (χ3n) is 3.13. The fraction of sp³-hybridized carbons (Fsp3) is 0.846. The summed E-state index contributed by atoms with van der Waals surface area (Å²) in [5, 5.41) is 0. The predicted octanol–water partition coefficient (Wildman–Crippen LogP) is 2.31. The largest absolute Gasteiger partial charge is 0.466 e. The molecule has 0 heterocycles. The van der Waals surface area contributed by atoms with Crippen molar-refractivity contribution in [3.63, 3.8) is 0 Å². The van der Waals surface area contributed by atoms with Crippen molar-refractivity contribution in [3.8, 4) is 0 Å². The Kier molecular flexibility index (Phi) is 6.01. The summed E-state index contributed by atoms with van der Waals surface area (Å²) in [6, 6.07) is 0. The summed E-state index contributed by atoms with van der Waals surface area (Å²) in [6.45, 7) is 4.71. The lowest BCUT2D eigenvalue weighted by atomic mass is 9.82. The molecule has 17 heavy (non-hydrogen) atoms. The molecule has 1 rings (SSSR count). The quantitative estimate of drug-likeness (QED) is 0.694. The van der Waals surface area contributed by atoms with Crippen molar-refractivity contribution in [2.75, 3.05) is 13.2 Å². The molecule has 0 aromatic rings. The van der Waals surface area contributed by atoms with Gasteiger partial charge in [0.25, 0.3) is 0 Å². The lowest BCUT2D eigenvalue weighted by molar-refractivity contribution is -0.154. The molecule has 0 aliphatic heterocycles. The highest BCUT2D eigenvalue weighted by atomic mass is 16.5. The van der Waals surface area contributed by atoms with Crippen molar-refractivity contribution < 1.29 is 19.1 Å². The number of carbonyl (C=O) groups is 2. The van der Waals surface area contributed by atoms with Gasteiger partial charge in [-0.05, 0) is 39.0 Å². The van der Waals surface area contributed by atoms with E-state index >= 15 is 0 Å². The van der Waals surface area contributed by atoms with Crippen LogP contribution in [0.3, 0.4) is 0 Å². The summed E-state index contributed by atoms with van der Waals surface area (Å²) in [7, 11) is 0. The smallest absolute Gasteiger partial charge is 0.308 e. The Hall–Kier alpha value is -1.06. The zero-order valence-electron chi connectivity index (χ0n) is 10.7. The van der Waals surface area contributed by atoms with Crippen molar-refractivity contribution >= 4 is 11.9 Å². The molecule has 0 bridgehead atoms. The summed E-state index contributed by atoms with van der Waals surface area (Å²) >= 11 is 0. The Morgan fingerprint density at radius 1 is 0.941 bits per heavy atom. The zero-order chi connectivity index (χ0) is 12.7. The van der Waals surface area contributed by atoms with Crippen molar-refractivity contribution in [2.45, 2.75) is 46.0 Å². The van der Waals surface area contributed by atoms with Gasteiger partial charge in [0.2, 0.25) is 0 Å². The highest BCUT2D eigenvalue weighted by Crippen LogP contribution is 2.30. The zero-order valence-corrected chi connectivity index (χ0v) is 10.7. The second-order valence-electron chi connectivity index (χ2n) is 4.47. The first-order valence-corrected chi connectivity index (χ1v) is 6.52. The van der Waals surface area contributed by atoms with Gasteiger partial charge in [0.1, 0.15) is 0 Å². The molecular formula is C13H22O4. The molecule has 98 valence electrons. The number of hydrogen-bond acceptors (Lipinski definition) is 4. The molecule has 0 radical (unpaired) electrons. The van der Waals surface area contributed by atoms with Crippen LogP contribution in [0, 0.1) is 11.8 Å². The van der Waals surface area contributed by atoms with Crippen LogP contribution in [0.15, 0.2) is 0 Å². The Labute approximate surface area is 103 Å². The monoisotopic (exact) mass is 242 g/mol. The summed E-state index contributed by atoms with van der Waals surface area (Å²) in [6.07, 6.45) is 3.82. The van der Waals surface area contributed by atoms with Gasteiger partial charge < -0.3 is 9.47 Å². The second kappa shape index (κ2) is 7.30. The molecule has 4 heteroatoms. The van der Waals surface area contributed by atoms with Crippen LogP contribution in [-0.2, 0) is 19.1 Å². The first-order valence-electron chi connectivity index (χ1n) is 6.52. The van der Waals surface area contributed by atoms with E-state index in [0.29, 0.717) is 13.2 Å². The minimum Gasteiger partial charge on any atom is -0.466 e. The fourth-order valence-electron chi connectivity index (χ4n) is 2.15. The standard InChI is InChI=1S/C13H22O4/c1-3-9-17-13(15)11-7-5-10(6-8-11)12(14)16-4-2/h10-11H,3-9H2,1-2H3. The number of hydrogen-bond donors (Lipinski definition) is 0. The average Bonchev–Trinajstić information content (AvgIpc) is 2.36. The molecule has 0 unspecified atom stereocenters. The Bertz CT molecular complexity index is 254. The molecule has 0 amide bonds. The SMILES string of the molecule is CCCOC(=O)C1CCC(C(=O)OCC)CC1. The molecule has 0 aromatic carbocycles. The summed E-state index contributed by atoms with van der Waals surface area (Å²) in [5.41, 5.74) is 0. The van der Waals surface area contributed by atoms with Crippen molar-refractivity contribution in [1.29, 1.82) is 0 Å². The molecule has 1 fully saturated rings. The van der Waals surface area contributed by atoms with Gasteiger partial charge in [0.05, 0.1) is 25.0 Å². The highest BCUT2D eigenvalue weighted by Gasteiger charge is 2.31. The third-order valence-corrected chi connectivity index (χ3v) is 3.13. The van der Waals surface area contributed by atoms with Crippen LogP contribution in [-0.4, -0.2) is 25.2 Å². The molecule has 4 nitrogen and oxygen atoms in total. The van der Waals surface area contributed by atoms with Crippen molar-refractivity contribution in [1.82, 2.24) is 0 Å². The first-order chi connectivity index (χ1) is 8.19. The maximum absolute atomic E-state index is 11.6. The normalized spacial score (nSPS) is 24.1. The van der Waals surface area contributed by atoms with Gasteiger partial charge in [-0.15, -0.1) is 0 Å². The summed E-state index contributed by atoms with van der Waals surface area (Å²) < 4.78 is 10.1. The molecular weight excluding hydrogens is 220 g/mol. The van der Waals surface area contributed by atoms with E-state index in [2.05, 4.69) is 0 Å². The van der Waals surface area contributed by atoms with Crippen LogP contribution in [0.4, 0.5) is 0 Å². The van der Waals surface area contributed by atoms with Gasteiger partial charge in [0, 0.05) is 0 Å². The van der Waals surface area contributed by atoms with Crippen LogP contribution >= 0.6 is 0 Å². The molecule has 0 aromatic heterocycles. The molecule has 0 saturated heterocycles. The maximum atomic E-state index is 11.6. The number of ether oxygens (including phenoxy) is 2. The van der Waals surface area contributed by atoms with Crippen LogP contribution in [0.5, 0.6) is 0 Å². The topological polar surface area (TPSA) is 52.6 Å². The predicted molar refractivity (Wildman–Crippen MR) is 63.3 cm³/mol. The van der Waals surface area contributed by atoms with Crippen molar-refractivity contribution in [3.05, 3.63) is 0 Å². The first kappa shape index (κ1) is 14.0. The fourth-order valence-corrected chi connectivity index (χ4v) is 2.15. The number of esters is 2. The summed E-state index contributed by atoms with van der Waals surface area (Å²) in [5.74, 6) is -0.264. The third kappa shape index (κ3) is 4.36. The van der Waals surface area contributed by atoms with Gasteiger partial charge in [0.15, 0.2) is 0 Å². The Balaban J connectivity index is 2.30. The van der Waals surface area contributed by atoms with E-state index in [9.17, 15) is 9.59 Å². The van der Waals surface area contributed by atoms with Crippen molar-refractivity contribution in [2.24, 2.45) is 11.8 Å². The number of rotatable bonds is 5. The van der Waals surface area contributed by atoms with E-state index in [1.165, 1.54) is 0 Å². The molecule has 0 N–H and O–H groups in total. The van der Waals surface area contributed by atoms with Gasteiger partial charge in [-0.25, -0.2) is 0 Å². The Morgan fingerprint density at radius 2 is 1.41 bits per heavy atom. The second-order valence-corrected chi connectivity index (χ2v) is 4.47. The Morgan fingerprint density at radius 3 is 1.82 bits per heavy atom. The van der Waals surface area contributed by atoms with E-state index in [-0.39, 0.29) is 23.8 Å². The highest BCUT2D eigenvalue weighted by molar-refractivity contribution is 5.75. The molecule has 0 atom stereocenters.